The second-order valence-electron chi connectivity index (χ2n) is 5.71. The van der Waals surface area contributed by atoms with Crippen LogP contribution in [-0.2, 0) is 0 Å². The zero-order chi connectivity index (χ0) is 14.8. The van der Waals surface area contributed by atoms with E-state index in [0.717, 1.165) is 40.9 Å². The molecule has 0 bridgehead atoms. The summed E-state index contributed by atoms with van der Waals surface area (Å²) in [5.41, 5.74) is 2.92. The predicted octanol–water partition coefficient (Wildman–Crippen LogP) is 3.84. The largest absolute Gasteiger partial charge is 0.370 e. The molecule has 0 aromatic carbocycles. The van der Waals surface area contributed by atoms with Crippen LogP contribution in [0.15, 0.2) is 10.6 Å². The lowest BCUT2D eigenvalue weighted by Crippen LogP contribution is -2.06. The van der Waals surface area contributed by atoms with Gasteiger partial charge in [0.15, 0.2) is 5.82 Å². The zero-order valence-corrected chi connectivity index (χ0v) is 12.9. The number of nitrogens with one attached hydrogen (secondary N) is 1. The first-order valence-electron chi connectivity index (χ1n) is 7.75. The Hall–Kier alpha value is -1.91. The van der Waals surface area contributed by atoms with Gasteiger partial charge < -0.3 is 9.84 Å². The first-order chi connectivity index (χ1) is 10.2. The van der Waals surface area contributed by atoms with Gasteiger partial charge in [0.25, 0.3) is 0 Å². The first kappa shape index (κ1) is 14.0. The van der Waals surface area contributed by atoms with Crippen molar-refractivity contribution in [2.45, 2.75) is 52.4 Å². The summed E-state index contributed by atoms with van der Waals surface area (Å²) in [7, 11) is 0. The minimum absolute atomic E-state index is 0.560. The van der Waals surface area contributed by atoms with E-state index in [0.29, 0.717) is 5.92 Å². The highest BCUT2D eigenvalue weighted by atomic mass is 16.5. The van der Waals surface area contributed by atoms with Gasteiger partial charge in [0.2, 0.25) is 0 Å². The summed E-state index contributed by atoms with van der Waals surface area (Å²) in [6.45, 7) is 6.77. The smallest absolute Gasteiger partial charge is 0.167 e. The molecule has 5 nitrogen and oxygen atoms in total. The summed E-state index contributed by atoms with van der Waals surface area (Å²) < 4.78 is 5.26. The number of anilines is 1. The average molecular weight is 286 g/mol. The highest BCUT2D eigenvalue weighted by Gasteiger charge is 2.22. The van der Waals surface area contributed by atoms with Crippen LogP contribution < -0.4 is 5.32 Å². The summed E-state index contributed by atoms with van der Waals surface area (Å²) >= 11 is 0. The van der Waals surface area contributed by atoms with Gasteiger partial charge >= 0.3 is 0 Å². The SMILES string of the molecule is CCNc1cc(C2CCCC2)nc(-c2c(C)noc2C)n1. The van der Waals surface area contributed by atoms with Crippen LogP contribution in [0.4, 0.5) is 5.82 Å². The topological polar surface area (TPSA) is 63.8 Å². The molecule has 112 valence electrons. The molecule has 1 saturated carbocycles. The van der Waals surface area contributed by atoms with E-state index in [-0.39, 0.29) is 0 Å². The second-order valence-corrected chi connectivity index (χ2v) is 5.71. The van der Waals surface area contributed by atoms with Crippen LogP contribution in [0, 0.1) is 13.8 Å². The molecular weight excluding hydrogens is 264 g/mol. The van der Waals surface area contributed by atoms with Crippen molar-refractivity contribution in [1.29, 1.82) is 0 Å². The van der Waals surface area contributed by atoms with Gasteiger partial charge in [0, 0.05) is 24.2 Å². The molecule has 0 amide bonds. The van der Waals surface area contributed by atoms with Crippen molar-refractivity contribution < 1.29 is 4.52 Å². The van der Waals surface area contributed by atoms with Crippen LogP contribution in [0.1, 0.15) is 55.7 Å². The van der Waals surface area contributed by atoms with Crippen molar-refractivity contribution >= 4 is 5.82 Å². The number of hydrogen-bond donors (Lipinski definition) is 1. The maximum absolute atomic E-state index is 5.26. The van der Waals surface area contributed by atoms with Crippen molar-refractivity contribution in [3.63, 3.8) is 0 Å². The van der Waals surface area contributed by atoms with Gasteiger partial charge in [-0.2, -0.15) is 0 Å². The van der Waals surface area contributed by atoms with E-state index in [9.17, 15) is 0 Å². The molecule has 0 unspecified atom stereocenters. The molecule has 0 radical (unpaired) electrons. The quantitative estimate of drug-likeness (QED) is 0.925. The van der Waals surface area contributed by atoms with E-state index < -0.39 is 0 Å². The Balaban J connectivity index is 2.06. The lowest BCUT2D eigenvalue weighted by molar-refractivity contribution is 0.393. The Kier molecular flexibility index (Phi) is 3.90. The van der Waals surface area contributed by atoms with Gasteiger partial charge in [-0.3, -0.25) is 0 Å². The van der Waals surface area contributed by atoms with Crippen LogP contribution in [0.2, 0.25) is 0 Å². The fourth-order valence-electron chi connectivity index (χ4n) is 3.08. The molecule has 1 aliphatic rings. The van der Waals surface area contributed by atoms with Gasteiger partial charge in [0.1, 0.15) is 11.6 Å². The molecule has 0 spiro atoms. The fraction of sp³-hybridized carbons (Fsp3) is 0.562. The number of aromatic nitrogens is 3. The van der Waals surface area contributed by atoms with Crippen molar-refractivity contribution in [2.75, 3.05) is 11.9 Å². The van der Waals surface area contributed by atoms with E-state index in [4.69, 9.17) is 9.51 Å². The summed E-state index contributed by atoms with van der Waals surface area (Å²) in [6.07, 6.45) is 5.05. The van der Waals surface area contributed by atoms with Crippen LogP contribution >= 0.6 is 0 Å². The number of nitrogens with zero attached hydrogens (tertiary/aromatic N) is 3. The molecule has 1 fully saturated rings. The van der Waals surface area contributed by atoms with Crippen LogP contribution in [0.5, 0.6) is 0 Å². The lowest BCUT2D eigenvalue weighted by Gasteiger charge is -2.13. The van der Waals surface area contributed by atoms with Crippen LogP contribution in [0.3, 0.4) is 0 Å². The molecule has 0 saturated heterocycles. The summed E-state index contributed by atoms with van der Waals surface area (Å²) in [6, 6.07) is 2.10. The standard InChI is InChI=1S/C16H22N4O/c1-4-17-14-9-13(12-7-5-6-8-12)18-16(19-14)15-10(2)20-21-11(15)3/h9,12H,4-8H2,1-3H3,(H,17,18,19). The highest BCUT2D eigenvalue weighted by molar-refractivity contribution is 5.62. The maximum Gasteiger partial charge on any atom is 0.167 e. The van der Waals surface area contributed by atoms with Crippen LogP contribution in [-0.4, -0.2) is 21.7 Å². The first-order valence-corrected chi connectivity index (χ1v) is 7.75. The number of hydrogen-bond acceptors (Lipinski definition) is 5. The molecule has 21 heavy (non-hydrogen) atoms. The minimum atomic E-state index is 0.560. The van der Waals surface area contributed by atoms with Gasteiger partial charge in [-0.1, -0.05) is 18.0 Å². The van der Waals surface area contributed by atoms with E-state index in [1.165, 1.54) is 25.7 Å². The highest BCUT2D eigenvalue weighted by Crippen LogP contribution is 2.35. The monoisotopic (exact) mass is 286 g/mol. The van der Waals surface area contributed by atoms with Crippen LogP contribution in [0.25, 0.3) is 11.4 Å². The van der Waals surface area contributed by atoms with Crippen molar-refractivity contribution in [3.8, 4) is 11.4 Å². The van der Waals surface area contributed by atoms with E-state index in [2.05, 4.69) is 28.4 Å². The normalized spacial score (nSPS) is 15.6. The predicted molar refractivity (Wildman–Crippen MR) is 82.4 cm³/mol. The lowest BCUT2D eigenvalue weighted by atomic mass is 10.0. The molecule has 5 heteroatoms. The summed E-state index contributed by atoms with van der Waals surface area (Å²) in [5.74, 6) is 2.96. The van der Waals surface area contributed by atoms with Crippen molar-refractivity contribution in [2.24, 2.45) is 0 Å². The Bertz CT molecular complexity index is 610. The Morgan fingerprint density at radius 1 is 1.24 bits per heavy atom. The number of rotatable bonds is 4. The average Bonchev–Trinajstić information content (AvgIpc) is 3.09. The molecule has 2 heterocycles. The molecule has 1 N–H and O–H groups in total. The molecule has 0 atom stereocenters. The molecule has 0 aliphatic heterocycles. The summed E-state index contributed by atoms with van der Waals surface area (Å²) in [5, 5.41) is 7.33. The van der Waals surface area contributed by atoms with E-state index in [1.807, 2.05) is 13.8 Å². The number of aryl methyl sites for hydroxylation is 2. The third kappa shape index (κ3) is 2.77. The van der Waals surface area contributed by atoms with Gasteiger partial charge in [0.05, 0.1) is 11.3 Å². The molecule has 2 aromatic heterocycles. The van der Waals surface area contributed by atoms with Gasteiger partial charge in [-0.25, -0.2) is 9.97 Å². The van der Waals surface area contributed by atoms with Crippen molar-refractivity contribution in [1.82, 2.24) is 15.1 Å². The maximum atomic E-state index is 5.26. The fourth-order valence-corrected chi connectivity index (χ4v) is 3.08. The Morgan fingerprint density at radius 2 is 2.00 bits per heavy atom. The molecule has 1 aliphatic carbocycles. The van der Waals surface area contributed by atoms with Gasteiger partial charge in [-0.15, -0.1) is 0 Å². The zero-order valence-electron chi connectivity index (χ0n) is 12.9. The van der Waals surface area contributed by atoms with Gasteiger partial charge in [-0.05, 0) is 33.6 Å². The Morgan fingerprint density at radius 3 is 2.62 bits per heavy atom. The van der Waals surface area contributed by atoms with E-state index >= 15 is 0 Å². The minimum Gasteiger partial charge on any atom is -0.370 e. The second kappa shape index (κ2) is 5.84. The molecule has 2 aromatic rings. The third-order valence-electron chi connectivity index (χ3n) is 4.13. The molecular formula is C16H22N4O. The molecule has 3 rings (SSSR count). The van der Waals surface area contributed by atoms with E-state index in [1.54, 1.807) is 0 Å². The summed E-state index contributed by atoms with van der Waals surface area (Å²) in [4.78, 5) is 9.45. The van der Waals surface area contributed by atoms with Crippen molar-refractivity contribution in [3.05, 3.63) is 23.2 Å². The Labute approximate surface area is 125 Å². The third-order valence-corrected chi connectivity index (χ3v) is 4.13.